The minimum Gasteiger partial charge on any atom is -0.345 e. The number of nitrogens with zero attached hydrogens (tertiary/aromatic N) is 2. The summed E-state index contributed by atoms with van der Waals surface area (Å²) >= 11 is 0. The van der Waals surface area contributed by atoms with Crippen molar-refractivity contribution in [2.24, 2.45) is 0 Å². The van der Waals surface area contributed by atoms with E-state index < -0.39 is 11.6 Å². The van der Waals surface area contributed by atoms with Gasteiger partial charge in [-0.25, -0.2) is 9.37 Å². The number of carbonyl (C=O) groups excluding carboxylic acids is 1. The molecule has 0 atom stereocenters. The smallest absolute Gasteiger partial charge is 0.198 e. The number of hydrogen-bond acceptors (Lipinski definition) is 3. The Morgan fingerprint density at radius 3 is 3.05 bits per heavy atom. The van der Waals surface area contributed by atoms with Gasteiger partial charge in [0.1, 0.15) is 17.5 Å². The third-order valence-corrected chi connectivity index (χ3v) is 2.96. The van der Waals surface area contributed by atoms with Gasteiger partial charge >= 0.3 is 0 Å². The monoisotopic (exact) mass is 264 g/mol. The van der Waals surface area contributed by atoms with Crippen LogP contribution < -0.4 is 0 Å². The van der Waals surface area contributed by atoms with Crippen molar-refractivity contribution < 1.29 is 9.18 Å². The lowest BCUT2D eigenvalue weighted by Gasteiger charge is -2.00. The summed E-state index contributed by atoms with van der Waals surface area (Å²) in [7, 11) is 0. The third kappa shape index (κ3) is 1.84. The van der Waals surface area contributed by atoms with Crippen LogP contribution in [0.4, 0.5) is 4.39 Å². The van der Waals surface area contributed by atoms with Crippen LogP contribution in [0.25, 0.3) is 11.0 Å². The maximum atomic E-state index is 13.6. The molecule has 0 saturated carbocycles. The summed E-state index contributed by atoms with van der Waals surface area (Å²) in [6.45, 7) is 0. The van der Waals surface area contributed by atoms with E-state index in [0.29, 0.717) is 16.6 Å². The fourth-order valence-corrected chi connectivity index (χ4v) is 1.99. The number of ketones is 1. The molecule has 0 aliphatic heterocycles. The van der Waals surface area contributed by atoms with Gasteiger partial charge in [-0.05, 0) is 12.1 Å². The maximum Gasteiger partial charge on any atom is 0.198 e. The molecule has 2 aromatic heterocycles. The van der Waals surface area contributed by atoms with Gasteiger partial charge in [0.05, 0.1) is 11.1 Å². The van der Waals surface area contributed by atoms with E-state index in [0.717, 1.165) is 0 Å². The highest BCUT2D eigenvalue weighted by Crippen LogP contribution is 2.21. The second-order valence-electron chi connectivity index (χ2n) is 4.16. The van der Waals surface area contributed by atoms with Crippen LogP contribution in [-0.2, 0) is 0 Å². The first-order chi connectivity index (χ1) is 9.70. The van der Waals surface area contributed by atoms with Gasteiger partial charge in [-0.2, -0.15) is 5.26 Å². The topological polar surface area (TPSA) is 69.5 Å². The Labute approximate surface area is 113 Å². The molecule has 95 valence electrons. The van der Waals surface area contributed by atoms with Gasteiger partial charge in [-0.1, -0.05) is 12.1 Å². The molecule has 0 spiro atoms. The number of pyridine rings is 1. The minimum absolute atomic E-state index is 0.0595. The number of hydrogen-bond donors (Lipinski definition) is 1. The zero-order valence-corrected chi connectivity index (χ0v) is 10.1. The van der Waals surface area contributed by atoms with E-state index in [1.807, 2.05) is 6.07 Å². The molecule has 1 radical (unpaired) electrons. The largest absolute Gasteiger partial charge is 0.345 e. The lowest BCUT2D eigenvalue weighted by molar-refractivity contribution is 0.103. The highest BCUT2D eigenvalue weighted by atomic mass is 19.1. The van der Waals surface area contributed by atoms with Crippen molar-refractivity contribution in [3.63, 3.8) is 0 Å². The molecule has 20 heavy (non-hydrogen) atoms. The highest BCUT2D eigenvalue weighted by Gasteiger charge is 2.18. The van der Waals surface area contributed by atoms with Gasteiger partial charge in [-0.3, -0.25) is 4.79 Å². The Morgan fingerprint density at radius 1 is 1.45 bits per heavy atom. The van der Waals surface area contributed by atoms with Gasteiger partial charge in [0.25, 0.3) is 0 Å². The molecule has 1 aromatic carbocycles. The number of fused-ring (bicyclic) bond motifs is 1. The molecule has 0 amide bonds. The summed E-state index contributed by atoms with van der Waals surface area (Å²) in [6.07, 6.45) is 2.87. The van der Waals surface area contributed by atoms with E-state index in [1.54, 1.807) is 12.1 Å². The molecule has 3 aromatic rings. The van der Waals surface area contributed by atoms with Gasteiger partial charge in [0, 0.05) is 29.4 Å². The predicted molar refractivity (Wildman–Crippen MR) is 69.5 cm³/mol. The van der Waals surface area contributed by atoms with E-state index in [9.17, 15) is 9.18 Å². The Kier molecular flexibility index (Phi) is 2.77. The van der Waals surface area contributed by atoms with Crippen molar-refractivity contribution in [1.29, 1.82) is 5.26 Å². The molecule has 0 bridgehead atoms. The third-order valence-electron chi connectivity index (χ3n) is 2.96. The molecule has 5 heteroatoms. The van der Waals surface area contributed by atoms with E-state index >= 15 is 0 Å². The summed E-state index contributed by atoms with van der Waals surface area (Å²) in [5.74, 6) is -1.17. The minimum atomic E-state index is -0.698. The molecule has 0 fully saturated rings. The van der Waals surface area contributed by atoms with Gasteiger partial charge < -0.3 is 4.98 Å². The second kappa shape index (κ2) is 4.59. The lowest BCUT2D eigenvalue weighted by Crippen LogP contribution is -2.03. The number of nitriles is 1. The first-order valence-corrected chi connectivity index (χ1v) is 5.79. The zero-order chi connectivity index (χ0) is 14.1. The van der Waals surface area contributed by atoms with Crippen molar-refractivity contribution in [3.05, 3.63) is 65.2 Å². The number of aromatic nitrogens is 2. The van der Waals surface area contributed by atoms with Crippen LogP contribution >= 0.6 is 0 Å². The molecule has 2 heterocycles. The van der Waals surface area contributed by atoms with Crippen LogP contribution in [-0.4, -0.2) is 15.8 Å². The molecule has 3 rings (SSSR count). The van der Waals surface area contributed by atoms with Crippen LogP contribution in [0, 0.1) is 23.2 Å². The molecular weight excluding hydrogens is 257 g/mol. The van der Waals surface area contributed by atoms with E-state index in [-0.39, 0.29) is 11.1 Å². The van der Waals surface area contributed by atoms with Crippen LogP contribution in [0.15, 0.2) is 36.7 Å². The molecule has 1 N–H and O–H groups in total. The van der Waals surface area contributed by atoms with Crippen LogP contribution in [0.1, 0.15) is 21.5 Å². The van der Waals surface area contributed by atoms with Crippen LogP contribution in [0.5, 0.6) is 0 Å². The fourth-order valence-electron chi connectivity index (χ4n) is 1.99. The predicted octanol–water partition coefficient (Wildman–Crippen LogP) is 2.60. The first-order valence-electron chi connectivity index (χ1n) is 5.79. The first kappa shape index (κ1) is 12.1. The summed E-state index contributed by atoms with van der Waals surface area (Å²) in [6, 6.07) is 10.2. The Hall–Kier alpha value is -3.00. The molecule has 4 nitrogen and oxygen atoms in total. The summed E-state index contributed by atoms with van der Waals surface area (Å²) in [4.78, 5) is 19.2. The van der Waals surface area contributed by atoms with Gasteiger partial charge in [0.2, 0.25) is 0 Å². The summed E-state index contributed by atoms with van der Waals surface area (Å²) in [5, 5.41) is 9.37. The van der Waals surface area contributed by atoms with Crippen molar-refractivity contribution in [3.8, 4) is 6.07 Å². The summed E-state index contributed by atoms with van der Waals surface area (Å²) < 4.78 is 13.6. The molecule has 0 saturated heterocycles. The van der Waals surface area contributed by atoms with Gasteiger partial charge in [-0.15, -0.1) is 0 Å². The average Bonchev–Trinajstić information content (AvgIpc) is 2.89. The van der Waals surface area contributed by atoms with Crippen molar-refractivity contribution in [2.45, 2.75) is 0 Å². The number of H-pyrrole nitrogens is 1. The number of halogens is 1. The normalized spacial score (nSPS) is 10.4. The van der Waals surface area contributed by atoms with Crippen molar-refractivity contribution >= 4 is 16.8 Å². The van der Waals surface area contributed by atoms with Crippen molar-refractivity contribution in [1.82, 2.24) is 9.97 Å². The SMILES string of the molecule is N#Cc1cnc2[nH]cc(C(=O)c3ccc[c]c3F)c2c1. The lowest BCUT2D eigenvalue weighted by atomic mass is 10.0. The highest BCUT2D eigenvalue weighted by molar-refractivity contribution is 6.16. The van der Waals surface area contributed by atoms with E-state index in [2.05, 4.69) is 16.0 Å². The molecule has 0 aliphatic carbocycles. The Bertz CT molecular complexity index is 861. The van der Waals surface area contributed by atoms with Crippen LogP contribution in [0.2, 0.25) is 0 Å². The number of nitrogens with one attached hydrogen (secondary N) is 1. The number of carbonyl (C=O) groups is 1. The number of aromatic amines is 1. The number of benzene rings is 1. The average molecular weight is 264 g/mol. The zero-order valence-electron chi connectivity index (χ0n) is 10.1. The second-order valence-corrected chi connectivity index (χ2v) is 4.16. The summed E-state index contributed by atoms with van der Waals surface area (Å²) in [5.41, 5.74) is 1.04. The van der Waals surface area contributed by atoms with E-state index in [1.165, 1.54) is 24.5 Å². The van der Waals surface area contributed by atoms with Crippen molar-refractivity contribution in [2.75, 3.05) is 0 Å². The van der Waals surface area contributed by atoms with Gasteiger partial charge in [0.15, 0.2) is 5.78 Å². The standard InChI is InChI=1S/C15H7FN3O/c16-13-4-2-1-3-10(13)14(20)12-8-19-15-11(12)5-9(6-17)7-18-15/h1-3,5,7-8H,(H,18,19). The Morgan fingerprint density at radius 2 is 2.30 bits per heavy atom. The quantitative estimate of drug-likeness (QED) is 0.723. The number of rotatable bonds is 2. The van der Waals surface area contributed by atoms with Crippen LogP contribution in [0.3, 0.4) is 0 Å². The maximum absolute atomic E-state index is 13.6. The molecule has 0 unspecified atom stereocenters. The fraction of sp³-hybridized carbons (Fsp3) is 0. The van der Waals surface area contributed by atoms with E-state index in [4.69, 9.17) is 5.26 Å². The molecule has 0 aliphatic rings. The molecular formula is C15H7FN3O. The Balaban J connectivity index is 2.18.